The van der Waals surface area contributed by atoms with Gasteiger partial charge in [0.1, 0.15) is 5.75 Å². The zero-order valence-corrected chi connectivity index (χ0v) is 11.0. The first kappa shape index (κ1) is 14.8. The second-order valence-corrected chi connectivity index (χ2v) is 3.71. The van der Waals surface area contributed by atoms with Crippen LogP contribution >= 0.6 is 0 Å². The van der Waals surface area contributed by atoms with Crippen molar-refractivity contribution in [2.24, 2.45) is 0 Å². The lowest BCUT2D eigenvalue weighted by Crippen LogP contribution is -2.10. The van der Waals surface area contributed by atoms with Crippen LogP contribution in [0.3, 0.4) is 0 Å². The number of aromatic nitrogens is 3. The van der Waals surface area contributed by atoms with Gasteiger partial charge in [-0.05, 0) is 6.07 Å². The van der Waals surface area contributed by atoms with Gasteiger partial charge >= 0.3 is 12.2 Å². The molecule has 0 aliphatic heterocycles. The highest BCUT2D eigenvalue weighted by molar-refractivity contribution is 5.27. The molecule has 0 aliphatic carbocycles. The van der Waals surface area contributed by atoms with Gasteiger partial charge in [-0.1, -0.05) is 0 Å². The molecule has 6 nitrogen and oxygen atoms in total. The standard InChI is InChI=1S/C12H10F3N3O3/c1-19-9-4-3-7(6-16-9)21-11-17-8(12(13,14)15)5-10(18-11)20-2/h3-6H,1-2H3. The molecule has 0 saturated heterocycles. The van der Waals surface area contributed by atoms with Crippen molar-refractivity contribution in [3.63, 3.8) is 0 Å². The molecule has 0 spiro atoms. The molecule has 0 N–H and O–H groups in total. The van der Waals surface area contributed by atoms with E-state index in [0.29, 0.717) is 11.9 Å². The van der Waals surface area contributed by atoms with E-state index in [9.17, 15) is 13.2 Å². The third-order valence-corrected chi connectivity index (χ3v) is 2.31. The Morgan fingerprint density at radius 1 is 1.00 bits per heavy atom. The van der Waals surface area contributed by atoms with Crippen LogP contribution in [0, 0.1) is 0 Å². The first-order valence-electron chi connectivity index (χ1n) is 5.60. The van der Waals surface area contributed by atoms with Crippen LogP contribution in [-0.2, 0) is 6.18 Å². The molecule has 0 radical (unpaired) electrons. The maximum Gasteiger partial charge on any atom is 0.433 e. The minimum absolute atomic E-state index is 0.164. The number of nitrogens with zero attached hydrogens (tertiary/aromatic N) is 3. The zero-order valence-electron chi connectivity index (χ0n) is 11.0. The SMILES string of the molecule is COc1ccc(Oc2nc(OC)cc(C(F)(F)F)n2)cn1. The number of hydrogen-bond donors (Lipinski definition) is 0. The van der Waals surface area contributed by atoms with E-state index >= 15 is 0 Å². The van der Waals surface area contributed by atoms with Gasteiger partial charge in [0.05, 0.1) is 20.4 Å². The number of halogens is 3. The molecular weight excluding hydrogens is 291 g/mol. The largest absolute Gasteiger partial charge is 0.481 e. The minimum Gasteiger partial charge on any atom is -0.481 e. The average molecular weight is 301 g/mol. The number of hydrogen-bond acceptors (Lipinski definition) is 6. The highest BCUT2D eigenvalue weighted by Crippen LogP contribution is 2.31. The Bertz CT molecular complexity index is 617. The summed E-state index contributed by atoms with van der Waals surface area (Å²) in [6.45, 7) is 0. The van der Waals surface area contributed by atoms with Crippen LogP contribution in [-0.4, -0.2) is 29.2 Å². The van der Waals surface area contributed by atoms with Crippen LogP contribution in [0.5, 0.6) is 23.5 Å². The summed E-state index contributed by atoms with van der Waals surface area (Å²) in [5.41, 5.74) is -1.16. The molecule has 0 atom stereocenters. The molecule has 2 heterocycles. The molecule has 21 heavy (non-hydrogen) atoms. The van der Waals surface area contributed by atoms with Crippen molar-refractivity contribution < 1.29 is 27.4 Å². The molecule has 9 heteroatoms. The summed E-state index contributed by atoms with van der Waals surface area (Å²) in [5, 5.41) is 0. The van der Waals surface area contributed by atoms with Crippen molar-refractivity contribution in [2.45, 2.75) is 6.18 Å². The van der Waals surface area contributed by atoms with E-state index in [1.54, 1.807) is 0 Å². The monoisotopic (exact) mass is 301 g/mol. The molecule has 0 fully saturated rings. The van der Waals surface area contributed by atoms with E-state index in [1.807, 2.05) is 0 Å². The molecule has 0 aromatic carbocycles. The van der Waals surface area contributed by atoms with Gasteiger partial charge in [0, 0.05) is 12.1 Å². The molecule has 0 bridgehead atoms. The Balaban J connectivity index is 2.29. The van der Waals surface area contributed by atoms with E-state index in [2.05, 4.69) is 15.0 Å². The van der Waals surface area contributed by atoms with Crippen LogP contribution in [0.4, 0.5) is 13.2 Å². The smallest absolute Gasteiger partial charge is 0.433 e. The highest BCUT2D eigenvalue weighted by Gasteiger charge is 2.34. The summed E-state index contributed by atoms with van der Waals surface area (Å²) in [5.74, 6) is 0.246. The number of alkyl halides is 3. The van der Waals surface area contributed by atoms with Gasteiger partial charge in [0.15, 0.2) is 5.69 Å². The Labute approximate surface area is 117 Å². The van der Waals surface area contributed by atoms with Crippen molar-refractivity contribution in [3.8, 4) is 23.5 Å². The van der Waals surface area contributed by atoms with Crippen LogP contribution in [0.2, 0.25) is 0 Å². The van der Waals surface area contributed by atoms with E-state index in [0.717, 1.165) is 0 Å². The maximum atomic E-state index is 12.7. The molecule has 2 aromatic rings. The van der Waals surface area contributed by atoms with Crippen LogP contribution in [0.1, 0.15) is 5.69 Å². The fraction of sp³-hybridized carbons (Fsp3) is 0.250. The first-order valence-corrected chi connectivity index (χ1v) is 5.60. The van der Waals surface area contributed by atoms with E-state index in [-0.39, 0.29) is 11.6 Å². The second kappa shape index (κ2) is 5.81. The number of ether oxygens (including phenoxy) is 3. The molecule has 0 saturated carbocycles. The molecule has 112 valence electrons. The second-order valence-electron chi connectivity index (χ2n) is 3.71. The Morgan fingerprint density at radius 2 is 1.71 bits per heavy atom. The number of methoxy groups -OCH3 is 2. The molecule has 0 unspecified atom stereocenters. The first-order chi connectivity index (χ1) is 9.92. The van der Waals surface area contributed by atoms with Gasteiger partial charge in [0.25, 0.3) is 0 Å². The Hall–Kier alpha value is -2.58. The van der Waals surface area contributed by atoms with E-state index < -0.39 is 17.9 Å². The van der Waals surface area contributed by atoms with E-state index in [4.69, 9.17) is 14.2 Å². The van der Waals surface area contributed by atoms with Gasteiger partial charge in [0.2, 0.25) is 11.8 Å². The number of rotatable bonds is 4. The normalized spacial score (nSPS) is 11.1. The maximum absolute atomic E-state index is 12.7. The predicted molar refractivity (Wildman–Crippen MR) is 64.4 cm³/mol. The van der Waals surface area contributed by atoms with Gasteiger partial charge in [-0.2, -0.15) is 23.1 Å². The van der Waals surface area contributed by atoms with E-state index in [1.165, 1.54) is 32.5 Å². The predicted octanol–water partition coefficient (Wildman–Crippen LogP) is 2.70. The van der Waals surface area contributed by atoms with Crippen molar-refractivity contribution >= 4 is 0 Å². The Kier molecular flexibility index (Phi) is 4.10. The third kappa shape index (κ3) is 3.71. The lowest BCUT2D eigenvalue weighted by atomic mass is 10.4. The van der Waals surface area contributed by atoms with Gasteiger partial charge < -0.3 is 14.2 Å². The van der Waals surface area contributed by atoms with Gasteiger partial charge in [-0.3, -0.25) is 0 Å². The summed E-state index contributed by atoms with van der Waals surface area (Å²) in [6, 6.07) is 3.13. The lowest BCUT2D eigenvalue weighted by Gasteiger charge is -2.10. The van der Waals surface area contributed by atoms with Gasteiger partial charge in [-0.15, -0.1) is 0 Å². The molecule has 2 aromatic heterocycles. The minimum atomic E-state index is -4.63. The lowest BCUT2D eigenvalue weighted by molar-refractivity contribution is -0.141. The van der Waals surface area contributed by atoms with Crippen LogP contribution < -0.4 is 14.2 Å². The summed E-state index contributed by atoms with van der Waals surface area (Å²) in [6.07, 6.45) is -3.36. The van der Waals surface area contributed by atoms with Crippen molar-refractivity contribution in [2.75, 3.05) is 14.2 Å². The summed E-state index contributed by atoms with van der Waals surface area (Å²) in [4.78, 5) is 10.8. The average Bonchev–Trinajstić information content (AvgIpc) is 2.46. The summed E-state index contributed by atoms with van der Waals surface area (Å²) in [7, 11) is 2.63. The van der Waals surface area contributed by atoms with Crippen LogP contribution in [0.15, 0.2) is 24.4 Å². The fourth-order valence-corrected chi connectivity index (χ4v) is 1.35. The summed E-state index contributed by atoms with van der Waals surface area (Å²) >= 11 is 0. The fourth-order valence-electron chi connectivity index (χ4n) is 1.35. The molecule has 0 amide bonds. The van der Waals surface area contributed by atoms with Crippen molar-refractivity contribution in [1.82, 2.24) is 15.0 Å². The molecule has 2 rings (SSSR count). The summed E-state index contributed by atoms with van der Waals surface area (Å²) < 4.78 is 52.8. The molecule has 0 aliphatic rings. The Morgan fingerprint density at radius 3 is 2.24 bits per heavy atom. The topological polar surface area (TPSA) is 66.4 Å². The highest BCUT2D eigenvalue weighted by atomic mass is 19.4. The molecular formula is C12H10F3N3O3. The van der Waals surface area contributed by atoms with Crippen molar-refractivity contribution in [3.05, 3.63) is 30.1 Å². The quantitative estimate of drug-likeness (QED) is 0.865. The van der Waals surface area contributed by atoms with Crippen molar-refractivity contribution in [1.29, 1.82) is 0 Å². The third-order valence-electron chi connectivity index (χ3n) is 2.31. The van der Waals surface area contributed by atoms with Crippen LogP contribution in [0.25, 0.3) is 0 Å². The van der Waals surface area contributed by atoms with Gasteiger partial charge in [-0.25, -0.2) is 4.98 Å². The number of pyridine rings is 1. The zero-order chi connectivity index (χ0) is 15.5.